The highest BCUT2D eigenvalue weighted by atomic mass is 16.5. The Labute approximate surface area is 362 Å². The highest BCUT2D eigenvalue weighted by Crippen LogP contribution is 2.42. The van der Waals surface area contributed by atoms with E-state index in [0.29, 0.717) is 5.41 Å². The van der Waals surface area contributed by atoms with Crippen LogP contribution in [-0.4, -0.2) is 70.1 Å². The quantitative estimate of drug-likeness (QED) is 0.0840. The molecule has 0 radical (unpaired) electrons. The second-order valence-corrected chi connectivity index (χ2v) is 17.5. The summed E-state index contributed by atoms with van der Waals surface area (Å²) in [6, 6.07) is 32.8. The first-order chi connectivity index (χ1) is 28.9. The third-order valence-corrected chi connectivity index (χ3v) is 12.3. The predicted octanol–water partition coefficient (Wildman–Crippen LogP) is 11.3. The molecular weight excluding hydrogens is 743 g/mol. The number of nitrogens with zero attached hydrogens (tertiary/aromatic N) is 2. The molecule has 2 aliphatic rings. The molecule has 7 nitrogen and oxygen atoms in total. The zero-order valence-corrected chi connectivity index (χ0v) is 37.6. The summed E-state index contributed by atoms with van der Waals surface area (Å²) in [5.41, 5.74) is 15.3. The second-order valence-electron chi connectivity index (χ2n) is 17.5. The van der Waals surface area contributed by atoms with Crippen LogP contribution in [0.25, 0.3) is 0 Å². The van der Waals surface area contributed by atoms with E-state index in [0.717, 1.165) is 81.1 Å². The molecule has 0 aromatic heterocycles. The van der Waals surface area contributed by atoms with Gasteiger partial charge in [-0.25, -0.2) is 0 Å². The van der Waals surface area contributed by atoms with Crippen molar-refractivity contribution in [3.05, 3.63) is 149 Å². The van der Waals surface area contributed by atoms with E-state index in [1.54, 1.807) is 21.3 Å². The number of allylic oxidation sites excluding steroid dienone is 2. The van der Waals surface area contributed by atoms with Gasteiger partial charge < -0.3 is 19.9 Å². The van der Waals surface area contributed by atoms with E-state index < -0.39 is 0 Å². The third-order valence-electron chi connectivity index (χ3n) is 12.3. The van der Waals surface area contributed by atoms with Crippen LogP contribution in [0.3, 0.4) is 0 Å². The number of nitrogens with two attached hydrogens (primary N) is 1. The van der Waals surface area contributed by atoms with E-state index in [1.165, 1.54) is 85.0 Å². The van der Waals surface area contributed by atoms with Crippen LogP contribution in [0.15, 0.2) is 121 Å². The number of aryl methyl sites for hydroxylation is 2. The molecule has 0 aliphatic carbocycles. The molecule has 0 unspecified atom stereocenters. The van der Waals surface area contributed by atoms with Crippen LogP contribution >= 0.6 is 0 Å². The minimum atomic E-state index is 0.280. The summed E-state index contributed by atoms with van der Waals surface area (Å²) in [6.07, 6.45) is 11.6. The Hall–Kier alpha value is -4.69. The van der Waals surface area contributed by atoms with Gasteiger partial charge in [-0.2, -0.15) is 0 Å². The van der Waals surface area contributed by atoms with E-state index in [4.69, 9.17) is 19.9 Å². The lowest BCUT2D eigenvalue weighted by Gasteiger charge is -2.42. The van der Waals surface area contributed by atoms with E-state index >= 15 is 0 Å². The van der Waals surface area contributed by atoms with E-state index in [1.807, 2.05) is 43.3 Å². The standard InChI is InChI=1S/C27H37NO2.C18H28N2O.C8H8O/c1-22(2)20-27(15-5-6-23-7-11-25(29-3)12-8-23)16-18-28(19-17-27)21-24-9-13-26(30-4)14-10-24;1-15(2)12-18(14-19)8-10-20(11-9-18)13-16-4-6-17(21-3)7-5-16;1-7-2-4-8(6-9)5-3-7/h7-14H,1,5-6,15-21H2,2-4H3;4-7H,1,8-14,19H2,2-3H3;2-6H,1H3. The summed E-state index contributed by atoms with van der Waals surface area (Å²) in [4.78, 5) is 15.2. The average molecular weight is 816 g/mol. The van der Waals surface area contributed by atoms with Crippen LogP contribution in [-0.2, 0) is 19.5 Å². The number of aldehydes is 1. The molecule has 2 saturated heterocycles. The lowest BCUT2D eigenvalue weighted by Crippen LogP contribution is -2.43. The van der Waals surface area contributed by atoms with Crippen molar-refractivity contribution < 1.29 is 19.0 Å². The van der Waals surface area contributed by atoms with Gasteiger partial charge in [-0.3, -0.25) is 14.6 Å². The third kappa shape index (κ3) is 16.1. The molecule has 2 fully saturated rings. The van der Waals surface area contributed by atoms with Crippen molar-refractivity contribution in [2.24, 2.45) is 16.6 Å². The van der Waals surface area contributed by atoms with Gasteiger partial charge in [-0.05, 0) is 175 Å². The minimum Gasteiger partial charge on any atom is -0.497 e. The Kier molecular flexibility index (Phi) is 19.6. The van der Waals surface area contributed by atoms with Gasteiger partial charge in [-0.15, -0.1) is 13.2 Å². The number of carbonyl (C=O) groups excluding carboxylic acids is 1. The molecule has 324 valence electrons. The Morgan fingerprint density at radius 1 is 0.617 bits per heavy atom. The summed E-state index contributed by atoms with van der Waals surface area (Å²) in [5.74, 6) is 2.78. The normalized spacial score (nSPS) is 15.9. The zero-order chi connectivity index (χ0) is 43.4. The number of hydrogen-bond acceptors (Lipinski definition) is 7. The monoisotopic (exact) mass is 816 g/mol. The fourth-order valence-corrected chi connectivity index (χ4v) is 8.70. The molecule has 2 heterocycles. The lowest BCUT2D eigenvalue weighted by molar-refractivity contribution is 0.0883. The second kappa shape index (κ2) is 24.5. The number of benzene rings is 4. The maximum Gasteiger partial charge on any atom is 0.150 e. The van der Waals surface area contributed by atoms with Gasteiger partial charge in [0.25, 0.3) is 0 Å². The topological polar surface area (TPSA) is 77.3 Å². The van der Waals surface area contributed by atoms with Crippen LogP contribution in [0.2, 0.25) is 0 Å². The molecule has 2 N–H and O–H groups in total. The van der Waals surface area contributed by atoms with Crippen LogP contribution in [0.1, 0.15) is 97.8 Å². The predicted molar refractivity (Wildman–Crippen MR) is 250 cm³/mol. The maximum atomic E-state index is 10.1. The highest BCUT2D eigenvalue weighted by Gasteiger charge is 2.34. The average Bonchev–Trinajstić information content (AvgIpc) is 3.26. The number of piperidine rings is 2. The Morgan fingerprint density at radius 2 is 1.00 bits per heavy atom. The van der Waals surface area contributed by atoms with Gasteiger partial charge in [0.1, 0.15) is 23.5 Å². The van der Waals surface area contributed by atoms with Gasteiger partial charge in [-0.1, -0.05) is 77.4 Å². The van der Waals surface area contributed by atoms with Crippen molar-refractivity contribution in [3.63, 3.8) is 0 Å². The fraction of sp³-hybridized carbons (Fsp3) is 0.453. The first kappa shape index (κ1) is 48.0. The highest BCUT2D eigenvalue weighted by molar-refractivity contribution is 5.74. The molecule has 2 aliphatic heterocycles. The van der Waals surface area contributed by atoms with Gasteiger partial charge in [0, 0.05) is 18.7 Å². The largest absolute Gasteiger partial charge is 0.497 e. The van der Waals surface area contributed by atoms with Crippen molar-refractivity contribution in [2.75, 3.05) is 54.1 Å². The molecule has 0 bridgehead atoms. The van der Waals surface area contributed by atoms with Crippen molar-refractivity contribution in [2.45, 2.75) is 91.6 Å². The lowest BCUT2D eigenvalue weighted by atomic mass is 9.70. The van der Waals surface area contributed by atoms with E-state index in [2.05, 4.69) is 97.5 Å². The SMILES string of the molecule is C=C(C)CC1(CCCc2ccc(OC)cc2)CCN(Cc2ccc(OC)cc2)CC1.C=C(C)CC1(CN)CCN(Cc2ccc(OC)cc2)CC1.Cc1ccc(C=O)cc1. The van der Waals surface area contributed by atoms with Crippen LogP contribution in [0.5, 0.6) is 17.2 Å². The Morgan fingerprint density at radius 3 is 1.37 bits per heavy atom. The zero-order valence-electron chi connectivity index (χ0n) is 37.6. The molecule has 0 atom stereocenters. The number of hydrogen-bond donors (Lipinski definition) is 1. The number of ether oxygens (including phenoxy) is 3. The first-order valence-corrected chi connectivity index (χ1v) is 21.8. The van der Waals surface area contributed by atoms with Crippen molar-refractivity contribution >= 4 is 6.29 Å². The summed E-state index contributed by atoms with van der Waals surface area (Å²) >= 11 is 0. The van der Waals surface area contributed by atoms with Crippen molar-refractivity contribution in [3.8, 4) is 17.2 Å². The molecule has 6 rings (SSSR count). The number of rotatable bonds is 17. The van der Waals surface area contributed by atoms with Crippen molar-refractivity contribution in [1.82, 2.24) is 9.80 Å². The number of methoxy groups -OCH3 is 3. The number of likely N-dealkylation sites (tertiary alicyclic amines) is 2. The summed E-state index contributed by atoms with van der Waals surface area (Å²) in [6.45, 7) is 22.0. The molecule has 0 spiro atoms. The fourth-order valence-electron chi connectivity index (χ4n) is 8.70. The molecule has 4 aromatic carbocycles. The molecule has 0 amide bonds. The van der Waals surface area contributed by atoms with Gasteiger partial charge in [0.15, 0.2) is 0 Å². The molecule has 60 heavy (non-hydrogen) atoms. The van der Waals surface area contributed by atoms with E-state index in [-0.39, 0.29) is 5.41 Å². The minimum absolute atomic E-state index is 0.280. The summed E-state index contributed by atoms with van der Waals surface area (Å²) in [7, 11) is 5.14. The maximum absolute atomic E-state index is 10.1. The molecule has 7 heteroatoms. The van der Waals surface area contributed by atoms with Gasteiger partial charge >= 0.3 is 0 Å². The molecule has 0 saturated carbocycles. The van der Waals surface area contributed by atoms with Crippen LogP contribution in [0.4, 0.5) is 0 Å². The van der Waals surface area contributed by atoms with E-state index in [9.17, 15) is 4.79 Å². The Bertz CT molecular complexity index is 1850. The molecular formula is C53H73N3O4. The van der Waals surface area contributed by atoms with Gasteiger partial charge in [0.05, 0.1) is 21.3 Å². The smallest absolute Gasteiger partial charge is 0.150 e. The first-order valence-electron chi connectivity index (χ1n) is 21.8. The van der Waals surface area contributed by atoms with Crippen LogP contribution < -0.4 is 19.9 Å². The Balaban J connectivity index is 0.000000228. The summed E-state index contributed by atoms with van der Waals surface area (Å²) < 4.78 is 15.8. The van der Waals surface area contributed by atoms with Crippen molar-refractivity contribution in [1.29, 1.82) is 0 Å². The molecule has 4 aromatic rings. The number of carbonyl (C=O) groups is 1. The summed E-state index contributed by atoms with van der Waals surface area (Å²) in [5, 5.41) is 0. The van der Waals surface area contributed by atoms with Crippen LogP contribution in [0, 0.1) is 17.8 Å². The van der Waals surface area contributed by atoms with Gasteiger partial charge in [0.2, 0.25) is 0 Å².